The first kappa shape index (κ1) is 11.6. The van der Waals surface area contributed by atoms with E-state index in [0.29, 0.717) is 0 Å². The molecule has 0 radical (unpaired) electrons. The molecule has 0 aromatic heterocycles. The van der Waals surface area contributed by atoms with E-state index in [1.54, 1.807) is 0 Å². The molecule has 2 heterocycles. The second kappa shape index (κ2) is 3.85. The number of hydrogen-bond donors (Lipinski definition) is 1. The zero-order valence-electron chi connectivity index (χ0n) is 8.69. The molecule has 88 valence electrons. The van der Waals surface area contributed by atoms with Gasteiger partial charge in [-0.25, -0.2) is 9.56 Å². The average molecular weight is 248 g/mol. The Morgan fingerprint density at radius 2 is 2.38 bits per heavy atom. The molecule has 2 rings (SSSR count). The van der Waals surface area contributed by atoms with Gasteiger partial charge in [0.25, 0.3) is 0 Å². The molecular weight excluding hydrogens is 238 g/mol. The van der Waals surface area contributed by atoms with Crippen molar-refractivity contribution in [2.45, 2.75) is 13.0 Å². The lowest BCUT2D eigenvalue weighted by molar-refractivity contribution is -0.129. The van der Waals surface area contributed by atoms with Gasteiger partial charge in [0.2, 0.25) is 5.91 Å². The smallest absolute Gasteiger partial charge is 0.507 e. The Bertz CT molecular complexity index is 400. The van der Waals surface area contributed by atoms with Crippen LogP contribution >= 0.6 is 7.82 Å². The number of fused-ring (bicyclic) bond motifs is 3. The van der Waals surface area contributed by atoms with Crippen molar-refractivity contribution in [1.82, 2.24) is 4.81 Å². The van der Waals surface area contributed by atoms with Crippen LogP contribution in [-0.4, -0.2) is 48.5 Å². The van der Waals surface area contributed by atoms with Crippen molar-refractivity contribution in [2.75, 3.05) is 13.7 Å². The maximum Gasteiger partial charge on any atom is 0.676 e. The molecule has 2 unspecified atom stereocenters. The van der Waals surface area contributed by atoms with E-state index in [2.05, 4.69) is 14.0 Å². The first-order valence-electron chi connectivity index (χ1n) is 4.52. The number of phosphoric ester groups is 1. The van der Waals surface area contributed by atoms with E-state index in [1.165, 1.54) is 14.0 Å². The number of amides is 1. The van der Waals surface area contributed by atoms with Gasteiger partial charge < -0.3 is 14.4 Å². The van der Waals surface area contributed by atoms with Crippen LogP contribution in [0, 0.1) is 0 Å². The average Bonchev–Trinajstić information content (AvgIpc) is 2.25. The Labute approximate surface area is 92.0 Å². The molecule has 16 heavy (non-hydrogen) atoms. The van der Waals surface area contributed by atoms with Gasteiger partial charge in [0, 0.05) is 14.0 Å². The highest BCUT2D eigenvalue weighted by atomic mass is 31.2. The van der Waals surface area contributed by atoms with E-state index in [1.807, 2.05) is 0 Å². The quantitative estimate of drug-likeness (QED) is 0.453. The standard InChI is InChI=1S/C6H10BN2O6P/c1-4-8-5-3-13-16(11,12)15-7(14-4)9(2)6(5)10/h5H,3H2,1-2H3,(H,11,12). The molecule has 0 spiro atoms. The Balaban J connectivity index is 2.38. The largest absolute Gasteiger partial charge is 0.676 e. The van der Waals surface area contributed by atoms with Gasteiger partial charge in [0.15, 0.2) is 11.9 Å². The fourth-order valence-corrected chi connectivity index (χ4v) is 2.18. The zero-order chi connectivity index (χ0) is 11.9. The number of likely N-dealkylation sites (N-methyl/N-ethyl adjacent to an activating group) is 1. The predicted molar refractivity (Wildman–Crippen MR) is 53.4 cm³/mol. The molecule has 0 aliphatic carbocycles. The molecule has 2 aliphatic rings. The third-order valence-electron chi connectivity index (χ3n) is 2.18. The highest BCUT2D eigenvalue weighted by Crippen LogP contribution is 2.45. The highest BCUT2D eigenvalue weighted by molar-refractivity contribution is 7.48. The van der Waals surface area contributed by atoms with Crippen molar-refractivity contribution < 1.29 is 27.9 Å². The number of aliphatic imine (C=N–C) groups is 1. The topological polar surface area (TPSA) is 97.7 Å². The lowest BCUT2D eigenvalue weighted by atomic mass is 10.1. The fraction of sp³-hybridized carbons (Fsp3) is 0.667. The second-order valence-corrected chi connectivity index (χ2v) is 4.81. The van der Waals surface area contributed by atoms with Crippen molar-refractivity contribution in [3.63, 3.8) is 0 Å². The minimum atomic E-state index is -4.21. The maximum absolute atomic E-state index is 11.7. The van der Waals surface area contributed by atoms with Crippen LogP contribution in [-0.2, 0) is 23.0 Å². The SMILES string of the molecule is CC1=NC2COP(=O)(O)OB(O1)N(C)C2=O. The summed E-state index contributed by atoms with van der Waals surface area (Å²) < 4.78 is 25.7. The van der Waals surface area contributed by atoms with Crippen molar-refractivity contribution in [3.8, 4) is 0 Å². The van der Waals surface area contributed by atoms with Gasteiger partial charge in [-0.3, -0.25) is 13.8 Å². The number of hydrogen-bond acceptors (Lipinski definition) is 6. The molecule has 10 heteroatoms. The van der Waals surface area contributed by atoms with Gasteiger partial charge in [0.1, 0.15) is 0 Å². The molecule has 1 fully saturated rings. The summed E-state index contributed by atoms with van der Waals surface area (Å²) in [5, 5.41) is 0. The summed E-state index contributed by atoms with van der Waals surface area (Å²) in [4.78, 5) is 26.0. The molecule has 8 nitrogen and oxygen atoms in total. The molecule has 2 atom stereocenters. The summed E-state index contributed by atoms with van der Waals surface area (Å²) in [6, 6.07) is -0.876. The molecule has 0 aromatic carbocycles. The Morgan fingerprint density at radius 1 is 1.69 bits per heavy atom. The van der Waals surface area contributed by atoms with Gasteiger partial charge in [0.05, 0.1) is 6.61 Å². The van der Waals surface area contributed by atoms with E-state index in [4.69, 9.17) is 4.65 Å². The van der Waals surface area contributed by atoms with Crippen molar-refractivity contribution in [3.05, 3.63) is 0 Å². The number of carbonyl (C=O) groups excluding carboxylic acids is 1. The predicted octanol–water partition coefficient (Wildman–Crippen LogP) is -0.606. The molecule has 2 aliphatic heterocycles. The maximum atomic E-state index is 11.7. The van der Waals surface area contributed by atoms with Crippen LogP contribution in [0.25, 0.3) is 0 Å². The number of rotatable bonds is 0. The summed E-state index contributed by atoms with van der Waals surface area (Å²) >= 11 is 0. The third kappa shape index (κ3) is 2.12. The molecule has 1 N–H and O–H groups in total. The minimum Gasteiger partial charge on any atom is -0.507 e. The van der Waals surface area contributed by atoms with Crippen molar-refractivity contribution in [1.29, 1.82) is 0 Å². The third-order valence-corrected chi connectivity index (χ3v) is 3.10. The van der Waals surface area contributed by atoms with Crippen molar-refractivity contribution in [2.24, 2.45) is 4.99 Å². The summed E-state index contributed by atoms with van der Waals surface area (Å²) in [6.07, 6.45) is 0. The second-order valence-electron chi connectivity index (χ2n) is 3.41. The van der Waals surface area contributed by atoms with Gasteiger partial charge in [-0.05, 0) is 0 Å². The number of phosphoric acid groups is 1. The van der Waals surface area contributed by atoms with E-state index in [-0.39, 0.29) is 18.4 Å². The first-order valence-corrected chi connectivity index (χ1v) is 6.02. The fourth-order valence-electron chi connectivity index (χ4n) is 1.38. The van der Waals surface area contributed by atoms with Gasteiger partial charge in [-0.2, -0.15) is 0 Å². The van der Waals surface area contributed by atoms with E-state index in [0.717, 1.165) is 4.81 Å². The number of carbonyl (C=O) groups is 1. The summed E-state index contributed by atoms with van der Waals surface area (Å²) in [7, 11) is -4.10. The van der Waals surface area contributed by atoms with Crippen molar-refractivity contribution >= 4 is 26.9 Å². The van der Waals surface area contributed by atoms with Crippen LogP contribution in [0.5, 0.6) is 0 Å². The zero-order valence-corrected chi connectivity index (χ0v) is 9.59. The van der Waals surface area contributed by atoms with Crippen LogP contribution in [0.1, 0.15) is 6.92 Å². The van der Waals surface area contributed by atoms with Crippen LogP contribution in [0.15, 0.2) is 4.99 Å². The Kier molecular flexibility index (Phi) is 2.79. The highest BCUT2D eigenvalue weighted by Gasteiger charge is 2.47. The first-order chi connectivity index (χ1) is 7.39. The van der Waals surface area contributed by atoms with Crippen LogP contribution in [0.4, 0.5) is 0 Å². The summed E-state index contributed by atoms with van der Waals surface area (Å²) in [5.74, 6) is -0.181. The molecular formula is C6H10BN2O6P. The van der Waals surface area contributed by atoms with Crippen LogP contribution in [0.3, 0.4) is 0 Å². The number of nitrogens with zero attached hydrogens (tertiary/aromatic N) is 2. The van der Waals surface area contributed by atoms with Crippen LogP contribution in [0.2, 0.25) is 0 Å². The lowest BCUT2D eigenvalue weighted by Gasteiger charge is -2.26. The Hall–Kier alpha value is -0.885. The molecule has 1 saturated heterocycles. The minimum absolute atomic E-state index is 0.207. The normalized spacial score (nSPS) is 35.1. The van der Waals surface area contributed by atoms with Crippen LogP contribution < -0.4 is 0 Å². The van der Waals surface area contributed by atoms with E-state index in [9.17, 15) is 14.3 Å². The molecule has 2 bridgehead atoms. The van der Waals surface area contributed by atoms with Gasteiger partial charge in [-0.1, -0.05) is 0 Å². The summed E-state index contributed by atoms with van der Waals surface area (Å²) in [5.41, 5.74) is 0. The molecule has 1 amide bonds. The van der Waals surface area contributed by atoms with E-state index < -0.39 is 21.1 Å². The Morgan fingerprint density at radius 3 is 3.06 bits per heavy atom. The molecule has 0 aromatic rings. The van der Waals surface area contributed by atoms with Gasteiger partial charge >= 0.3 is 15.1 Å². The molecule has 0 saturated carbocycles. The summed E-state index contributed by atoms with van der Waals surface area (Å²) in [6.45, 7) is 1.22. The lowest BCUT2D eigenvalue weighted by Crippen LogP contribution is -2.49. The van der Waals surface area contributed by atoms with Gasteiger partial charge in [-0.15, -0.1) is 0 Å². The monoisotopic (exact) mass is 248 g/mol. The van der Waals surface area contributed by atoms with E-state index >= 15 is 0 Å².